The highest BCUT2D eigenvalue weighted by Gasteiger charge is 2.17. The topological polar surface area (TPSA) is 47.9 Å². The van der Waals surface area contributed by atoms with Gasteiger partial charge in [0, 0.05) is 0 Å². The molecule has 98 valence electrons. The van der Waals surface area contributed by atoms with Crippen molar-refractivity contribution in [1.29, 1.82) is 0 Å². The van der Waals surface area contributed by atoms with Crippen molar-refractivity contribution in [2.75, 3.05) is 26.9 Å². The van der Waals surface area contributed by atoms with Crippen molar-refractivity contribution in [2.45, 2.75) is 13.3 Å². The van der Waals surface area contributed by atoms with Crippen molar-refractivity contribution in [2.24, 2.45) is 0 Å². The Kier molecular flexibility index (Phi) is 4.10. The molecule has 0 spiro atoms. The van der Waals surface area contributed by atoms with Gasteiger partial charge in [0.15, 0.2) is 11.5 Å². The largest absolute Gasteiger partial charge is 0.493 e. The fraction of sp³-hybridized carbons (Fsp3) is 0.429. The van der Waals surface area contributed by atoms with Crippen LogP contribution in [0.1, 0.15) is 18.9 Å². The molecule has 0 aliphatic carbocycles. The minimum absolute atomic E-state index is 0.0628. The minimum Gasteiger partial charge on any atom is -0.493 e. The second kappa shape index (κ2) is 5.78. The molecule has 0 aromatic heterocycles. The molecule has 0 radical (unpaired) electrons. The van der Waals surface area contributed by atoms with Crippen LogP contribution in [0.25, 0.3) is 6.08 Å². The van der Waals surface area contributed by atoms with Crippen molar-refractivity contribution in [3.05, 3.63) is 23.3 Å². The molecule has 0 atom stereocenters. The fourth-order valence-corrected chi connectivity index (χ4v) is 1.87. The van der Waals surface area contributed by atoms with Gasteiger partial charge in [-0.15, -0.1) is 0 Å². The first-order chi connectivity index (χ1) is 8.78. The van der Waals surface area contributed by atoms with Crippen molar-refractivity contribution in [3.8, 4) is 17.2 Å². The normalized spacial score (nSPS) is 14.5. The molecule has 1 N–H and O–H groups in total. The molecular formula is C14H18O4. The van der Waals surface area contributed by atoms with Gasteiger partial charge in [-0.2, -0.15) is 0 Å². The SMILES string of the molecule is CCC(=Cc1cc(OC)c2c(c1)OCCO2)CO. The molecule has 0 fully saturated rings. The Morgan fingerprint density at radius 2 is 2.17 bits per heavy atom. The molecule has 1 aliphatic heterocycles. The van der Waals surface area contributed by atoms with E-state index >= 15 is 0 Å². The molecule has 1 aliphatic rings. The van der Waals surface area contributed by atoms with E-state index in [-0.39, 0.29) is 6.61 Å². The monoisotopic (exact) mass is 250 g/mol. The molecule has 1 aromatic rings. The number of ether oxygens (including phenoxy) is 3. The van der Waals surface area contributed by atoms with Gasteiger partial charge in [-0.3, -0.25) is 0 Å². The van der Waals surface area contributed by atoms with Crippen LogP contribution in [0, 0.1) is 0 Å². The molecule has 0 bridgehead atoms. The maximum atomic E-state index is 9.20. The molecule has 18 heavy (non-hydrogen) atoms. The van der Waals surface area contributed by atoms with Gasteiger partial charge in [-0.1, -0.05) is 13.0 Å². The van der Waals surface area contributed by atoms with Gasteiger partial charge in [-0.05, 0) is 29.7 Å². The van der Waals surface area contributed by atoms with E-state index in [1.165, 1.54) is 0 Å². The van der Waals surface area contributed by atoms with Crippen molar-refractivity contribution >= 4 is 6.08 Å². The lowest BCUT2D eigenvalue weighted by atomic mass is 10.1. The average molecular weight is 250 g/mol. The van der Waals surface area contributed by atoms with Gasteiger partial charge < -0.3 is 19.3 Å². The van der Waals surface area contributed by atoms with Gasteiger partial charge in [-0.25, -0.2) is 0 Å². The van der Waals surface area contributed by atoms with Gasteiger partial charge in [0.2, 0.25) is 5.75 Å². The van der Waals surface area contributed by atoms with Crippen LogP contribution in [0.3, 0.4) is 0 Å². The molecule has 0 unspecified atom stereocenters. The van der Waals surface area contributed by atoms with Gasteiger partial charge in [0.1, 0.15) is 13.2 Å². The Balaban J connectivity index is 2.41. The Labute approximate surface area is 107 Å². The van der Waals surface area contributed by atoms with Crippen LogP contribution in [0.2, 0.25) is 0 Å². The molecular weight excluding hydrogens is 232 g/mol. The van der Waals surface area contributed by atoms with Crippen LogP contribution in [-0.4, -0.2) is 32.0 Å². The summed E-state index contributed by atoms with van der Waals surface area (Å²) in [4.78, 5) is 0. The number of hydrogen-bond donors (Lipinski definition) is 1. The first kappa shape index (κ1) is 12.8. The molecule has 0 saturated carbocycles. The third kappa shape index (κ3) is 2.59. The number of methoxy groups -OCH3 is 1. The molecule has 1 aromatic carbocycles. The summed E-state index contributed by atoms with van der Waals surface area (Å²) in [6.45, 7) is 3.16. The average Bonchev–Trinajstić information content (AvgIpc) is 2.43. The van der Waals surface area contributed by atoms with Gasteiger partial charge >= 0.3 is 0 Å². The fourth-order valence-electron chi connectivity index (χ4n) is 1.87. The predicted octanol–water partition coefficient (Wildman–Crippen LogP) is 2.25. The van der Waals surface area contributed by atoms with E-state index in [1.807, 2.05) is 25.1 Å². The summed E-state index contributed by atoms with van der Waals surface area (Å²) in [7, 11) is 1.61. The summed E-state index contributed by atoms with van der Waals surface area (Å²) in [5.74, 6) is 2.01. The summed E-state index contributed by atoms with van der Waals surface area (Å²) in [6.07, 6.45) is 2.76. The first-order valence-corrected chi connectivity index (χ1v) is 6.06. The van der Waals surface area contributed by atoms with Crippen molar-refractivity contribution in [1.82, 2.24) is 0 Å². The van der Waals surface area contributed by atoms with E-state index in [0.29, 0.717) is 30.5 Å². The number of fused-ring (bicyclic) bond motifs is 1. The molecule has 4 heteroatoms. The highest BCUT2D eigenvalue weighted by molar-refractivity contribution is 5.63. The second-order valence-electron chi connectivity index (χ2n) is 4.06. The van der Waals surface area contributed by atoms with E-state index in [0.717, 1.165) is 17.6 Å². The third-order valence-corrected chi connectivity index (χ3v) is 2.88. The van der Waals surface area contributed by atoms with Crippen molar-refractivity contribution in [3.63, 3.8) is 0 Å². The summed E-state index contributed by atoms with van der Waals surface area (Å²) < 4.78 is 16.4. The maximum absolute atomic E-state index is 9.20. The van der Waals surface area contributed by atoms with Crippen LogP contribution < -0.4 is 14.2 Å². The Hall–Kier alpha value is -1.68. The molecule has 0 amide bonds. The lowest BCUT2D eigenvalue weighted by Gasteiger charge is -2.21. The highest BCUT2D eigenvalue weighted by atomic mass is 16.6. The van der Waals surface area contributed by atoms with E-state index in [1.54, 1.807) is 7.11 Å². The van der Waals surface area contributed by atoms with Crippen LogP contribution in [0.4, 0.5) is 0 Å². The zero-order chi connectivity index (χ0) is 13.0. The smallest absolute Gasteiger partial charge is 0.203 e. The summed E-state index contributed by atoms with van der Waals surface area (Å²) in [6, 6.07) is 3.79. The van der Waals surface area contributed by atoms with E-state index in [2.05, 4.69) is 0 Å². The van der Waals surface area contributed by atoms with Crippen LogP contribution in [0.5, 0.6) is 17.2 Å². The second-order valence-corrected chi connectivity index (χ2v) is 4.06. The Morgan fingerprint density at radius 3 is 2.83 bits per heavy atom. The highest BCUT2D eigenvalue weighted by Crippen LogP contribution is 2.40. The third-order valence-electron chi connectivity index (χ3n) is 2.88. The van der Waals surface area contributed by atoms with Crippen LogP contribution in [-0.2, 0) is 0 Å². The zero-order valence-corrected chi connectivity index (χ0v) is 10.7. The summed E-state index contributed by atoms with van der Waals surface area (Å²) in [5.41, 5.74) is 1.91. The number of aliphatic hydroxyl groups excluding tert-OH is 1. The van der Waals surface area contributed by atoms with E-state index in [9.17, 15) is 5.11 Å². The first-order valence-electron chi connectivity index (χ1n) is 6.06. The van der Waals surface area contributed by atoms with Gasteiger partial charge in [0.25, 0.3) is 0 Å². The van der Waals surface area contributed by atoms with Crippen molar-refractivity contribution < 1.29 is 19.3 Å². The van der Waals surface area contributed by atoms with E-state index in [4.69, 9.17) is 14.2 Å². The minimum atomic E-state index is 0.0628. The summed E-state index contributed by atoms with van der Waals surface area (Å²) in [5, 5.41) is 9.20. The van der Waals surface area contributed by atoms with Crippen LogP contribution in [0.15, 0.2) is 17.7 Å². The lowest BCUT2D eigenvalue weighted by molar-refractivity contribution is 0.165. The quantitative estimate of drug-likeness (QED) is 0.890. The molecule has 1 heterocycles. The lowest BCUT2D eigenvalue weighted by Crippen LogP contribution is -2.16. The molecule has 2 rings (SSSR count). The number of hydrogen-bond acceptors (Lipinski definition) is 4. The molecule has 4 nitrogen and oxygen atoms in total. The molecule has 0 saturated heterocycles. The summed E-state index contributed by atoms with van der Waals surface area (Å²) >= 11 is 0. The maximum Gasteiger partial charge on any atom is 0.203 e. The van der Waals surface area contributed by atoms with Gasteiger partial charge in [0.05, 0.1) is 13.7 Å². The number of rotatable bonds is 4. The van der Waals surface area contributed by atoms with E-state index < -0.39 is 0 Å². The number of aliphatic hydroxyl groups is 1. The Bertz CT molecular complexity index is 428. The number of benzene rings is 1. The predicted molar refractivity (Wildman–Crippen MR) is 69.3 cm³/mol. The Morgan fingerprint density at radius 1 is 1.39 bits per heavy atom. The zero-order valence-electron chi connectivity index (χ0n) is 10.7. The van der Waals surface area contributed by atoms with Crippen LogP contribution >= 0.6 is 0 Å². The standard InChI is InChI=1S/C14H18O4/c1-3-10(9-15)6-11-7-12(16-2)14-13(8-11)17-4-5-18-14/h6-8,15H,3-5,9H2,1-2H3.